The maximum atomic E-state index is 11.9. The van der Waals surface area contributed by atoms with Crippen molar-refractivity contribution in [3.8, 4) is 5.88 Å². The third kappa shape index (κ3) is 5.83. The number of aryl methyl sites for hydroxylation is 1. The summed E-state index contributed by atoms with van der Waals surface area (Å²) in [5, 5.41) is 30.4. The highest BCUT2D eigenvalue weighted by Crippen LogP contribution is 2.26. The van der Waals surface area contributed by atoms with Crippen LogP contribution in [0.4, 0.5) is 5.95 Å². The minimum absolute atomic E-state index is 0.0209. The number of hydrogen-bond donors (Lipinski definition) is 6. The topological polar surface area (TPSA) is 192 Å². The lowest BCUT2D eigenvalue weighted by Gasteiger charge is -2.13. The standard InChI is InChI=1S/C17H23N5O6/c18-17-21-14-13(15(26)22-17)9(8-19-14)4-2-1-3-5-11(23)20-10(16(27)28)6-7-12(24)25/h8,10H,1-7H2,(H,20,23)(H,24,25)(H,27,28)(H4,18,19,21,22,26)/t10-/m0/s1. The molecule has 0 radical (unpaired) electrons. The van der Waals surface area contributed by atoms with Gasteiger partial charge in [0.2, 0.25) is 17.7 Å². The minimum atomic E-state index is -1.25. The Balaban J connectivity index is 1.74. The Labute approximate surface area is 160 Å². The van der Waals surface area contributed by atoms with Gasteiger partial charge in [-0.15, -0.1) is 0 Å². The number of amides is 1. The number of carbonyl (C=O) groups is 3. The van der Waals surface area contributed by atoms with Crippen LogP contribution in [0.25, 0.3) is 11.0 Å². The van der Waals surface area contributed by atoms with Gasteiger partial charge in [-0.2, -0.15) is 9.97 Å². The summed E-state index contributed by atoms with van der Waals surface area (Å²) in [7, 11) is 0. The average Bonchev–Trinajstić information content (AvgIpc) is 3.00. The Kier molecular flexibility index (Phi) is 7.13. The van der Waals surface area contributed by atoms with Gasteiger partial charge < -0.3 is 31.4 Å². The van der Waals surface area contributed by atoms with Crippen LogP contribution < -0.4 is 11.1 Å². The van der Waals surface area contributed by atoms with Gasteiger partial charge in [0.25, 0.3) is 0 Å². The number of carboxylic acid groups (broad SMARTS) is 2. The van der Waals surface area contributed by atoms with Crippen LogP contribution in [-0.4, -0.2) is 54.2 Å². The number of nitrogens with zero attached hydrogens (tertiary/aromatic N) is 2. The molecule has 0 aromatic carbocycles. The number of unbranched alkanes of at least 4 members (excludes halogenated alkanes) is 2. The second-order valence-corrected chi connectivity index (χ2v) is 6.39. The second kappa shape index (κ2) is 9.53. The Morgan fingerprint density at radius 1 is 1.14 bits per heavy atom. The van der Waals surface area contributed by atoms with E-state index in [0.29, 0.717) is 30.3 Å². The third-order valence-electron chi connectivity index (χ3n) is 4.24. The normalized spacial score (nSPS) is 12.0. The van der Waals surface area contributed by atoms with Crippen LogP contribution in [0, 0.1) is 0 Å². The van der Waals surface area contributed by atoms with Crippen LogP contribution in [0.1, 0.15) is 44.1 Å². The van der Waals surface area contributed by atoms with E-state index in [2.05, 4.69) is 20.3 Å². The van der Waals surface area contributed by atoms with E-state index in [4.69, 9.17) is 15.9 Å². The predicted octanol–water partition coefficient (Wildman–Crippen LogP) is 0.783. The summed E-state index contributed by atoms with van der Waals surface area (Å²) in [6.07, 6.45) is 4.03. The number of aromatic nitrogens is 3. The SMILES string of the molecule is Nc1nc(O)c2c(CCCCCC(=O)N[C@@H](CCC(=O)O)C(=O)O)c[nH]c2n1. The van der Waals surface area contributed by atoms with E-state index in [0.717, 1.165) is 12.0 Å². The van der Waals surface area contributed by atoms with E-state index in [1.807, 2.05) is 0 Å². The zero-order valence-electron chi connectivity index (χ0n) is 15.1. The number of anilines is 1. The molecule has 2 aromatic rings. The maximum absolute atomic E-state index is 11.9. The molecule has 0 aliphatic heterocycles. The number of fused-ring (bicyclic) bond motifs is 1. The number of carbonyl (C=O) groups excluding carboxylic acids is 1. The fourth-order valence-electron chi connectivity index (χ4n) is 2.86. The molecule has 28 heavy (non-hydrogen) atoms. The van der Waals surface area contributed by atoms with Crippen LogP contribution in [0.15, 0.2) is 6.20 Å². The number of nitrogens with two attached hydrogens (primary N) is 1. The summed E-state index contributed by atoms with van der Waals surface area (Å²) in [5.41, 5.74) is 6.79. The molecular weight excluding hydrogens is 370 g/mol. The van der Waals surface area contributed by atoms with Crippen molar-refractivity contribution in [3.63, 3.8) is 0 Å². The first-order valence-electron chi connectivity index (χ1n) is 8.84. The van der Waals surface area contributed by atoms with Gasteiger partial charge in [-0.3, -0.25) is 9.59 Å². The zero-order valence-corrected chi connectivity index (χ0v) is 15.1. The van der Waals surface area contributed by atoms with Crippen LogP contribution in [0.2, 0.25) is 0 Å². The number of hydrogen-bond acceptors (Lipinski definition) is 7. The molecule has 1 atom stereocenters. The average molecular weight is 393 g/mol. The molecular formula is C17H23N5O6. The molecule has 0 aliphatic rings. The van der Waals surface area contributed by atoms with E-state index in [1.54, 1.807) is 6.20 Å². The smallest absolute Gasteiger partial charge is 0.326 e. The molecule has 7 N–H and O–H groups in total. The van der Waals surface area contributed by atoms with E-state index in [-0.39, 0.29) is 31.1 Å². The first-order chi connectivity index (χ1) is 13.3. The van der Waals surface area contributed by atoms with Crippen molar-refractivity contribution in [3.05, 3.63) is 11.8 Å². The maximum Gasteiger partial charge on any atom is 0.326 e. The molecule has 152 valence electrons. The molecule has 0 unspecified atom stereocenters. The molecule has 0 aliphatic carbocycles. The molecule has 2 aromatic heterocycles. The largest absolute Gasteiger partial charge is 0.493 e. The van der Waals surface area contributed by atoms with Gasteiger partial charge in [0.05, 0.1) is 5.39 Å². The summed E-state index contributed by atoms with van der Waals surface area (Å²) in [6.45, 7) is 0. The predicted molar refractivity (Wildman–Crippen MR) is 98.6 cm³/mol. The molecule has 11 heteroatoms. The summed E-state index contributed by atoms with van der Waals surface area (Å²) in [6, 6.07) is -1.20. The number of H-pyrrole nitrogens is 1. The van der Waals surface area contributed by atoms with Gasteiger partial charge in [0, 0.05) is 19.0 Å². The van der Waals surface area contributed by atoms with E-state index in [9.17, 15) is 19.5 Å². The molecule has 0 spiro atoms. The van der Waals surface area contributed by atoms with Gasteiger partial charge in [0.1, 0.15) is 11.7 Å². The highest BCUT2D eigenvalue weighted by molar-refractivity contribution is 5.85. The highest BCUT2D eigenvalue weighted by Gasteiger charge is 2.20. The quantitative estimate of drug-likeness (QED) is 0.299. The monoisotopic (exact) mass is 393 g/mol. The highest BCUT2D eigenvalue weighted by atomic mass is 16.4. The Bertz CT molecular complexity index is 865. The summed E-state index contributed by atoms with van der Waals surface area (Å²) < 4.78 is 0. The number of rotatable bonds is 11. The second-order valence-electron chi connectivity index (χ2n) is 6.39. The van der Waals surface area contributed by atoms with E-state index >= 15 is 0 Å². The van der Waals surface area contributed by atoms with Crippen molar-refractivity contribution < 1.29 is 29.7 Å². The Morgan fingerprint density at radius 2 is 1.89 bits per heavy atom. The molecule has 11 nitrogen and oxygen atoms in total. The third-order valence-corrected chi connectivity index (χ3v) is 4.24. The number of aromatic amines is 1. The zero-order chi connectivity index (χ0) is 20.7. The number of aromatic hydroxyl groups is 1. The number of aliphatic carboxylic acids is 2. The first-order valence-corrected chi connectivity index (χ1v) is 8.84. The van der Waals surface area contributed by atoms with Crippen LogP contribution in [-0.2, 0) is 20.8 Å². The van der Waals surface area contributed by atoms with Gasteiger partial charge in [-0.25, -0.2) is 4.79 Å². The number of nitrogens with one attached hydrogen (secondary N) is 2. The fourth-order valence-corrected chi connectivity index (χ4v) is 2.86. The molecule has 1 amide bonds. The van der Waals surface area contributed by atoms with Gasteiger partial charge >= 0.3 is 11.9 Å². The summed E-state index contributed by atoms with van der Waals surface area (Å²) in [4.78, 5) is 44.1. The van der Waals surface area contributed by atoms with Gasteiger partial charge in [-0.1, -0.05) is 6.42 Å². The minimum Gasteiger partial charge on any atom is -0.493 e. The van der Waals surface area contributed by atoms with Crippen molar-refractivity contribution in [2.24, 2.45) is 0 Å². The lowest BCUT2D eigenvalue weighted by molar-refractivity contribution is -0.143. The molecule has 2 rings (SSSR count). The van der Waals surface area contributed by atoms with Gasteiger partial charge in [-0.05, 0) is 31.2 Å². The van der Waals surface area contributed by atoms with E-state index < -0.39 is 23.9 Å². The van der Waals surface area contributed by atoms with Crippen molar-refractivity contribution in [1.29, 1.82) is 0 Å². The molecule has 0 saturated carbocycles. The van der Waals surface area contributed by atoms with Crippen LogP contribution in [0.5, 0.6) is 5.88 Å². The van der Waals surface area contributed by atoms with E-state index in [1.165, 1.54) is 0 Å². The molecule has 0 saturated heterocycles. The van der Waals surface area contributed by atoms with Gasteiger partial charge in [0.15, 0.2) is 0 Å². The van der Waals surface area contributed by atoms with Crippen LogP contribution in [0.3, 0.4) is 0 Å². The van der Waals surface area contributed by atoms with Crippen molar-refractivity contribution in [2.45, 2.75) is 51.0 Å². The number of nitrogen functional groups attached to an aromatic ring is 1. The van der Waals surface area contributed by atoms with Crippen molar-refractivity contribution in [2.75, 3.05) is 5.73 Å². The molecule has 0 bridgehead atoms. The van der Waals surface area contributed by atoms with Crippen LogP contribution >= 0.6 is 0 Å². The first kappa shape index (κ1) is 20.9. The summed E-state index contributed by atoms with van der Waals surface area (Å²) in [5.74, 6) is -2.99. The Hall–Kier alpha value is -3.37. The van der Waals surface area contributed by atoms with Crippen molar-refractivity contribution in [1.82, 2.24) is 20.3 Å². The summed E-state index contributed by atoms with van der Waals surface area (Å²) >= 11 is 0. The molecule has 2 heterocycles. The molecule has 0 fully saturated rings. The number of carboxylic acids is 2. The lowest BCUT2D eigenvalue weighted by atomic mass is 10.1. The Morgan fingerprint density at radius 3 is 2.57 bits per heavy atom. The van der Waals surface area contributed by atoms with Crippen molar-refractivity contribution >= 4 is 34.8 Å². The fraction of sp³-hybridized carbons (Fsp3) is 0.471. The lowest BCUT2D eigenvalue weighted by Crippen LogP contribution is -2.41.